The van der Waals surface area contributed by atoms with Crippen LogP contribution < -0.4 is 5.32 Å². The third-order valence-electron chi connectivity index (χ3n) is 5.60. The zero-order valence-corrected chi connectivity index (χ0v) is 14.1. The molecule has 2 fully saturated rings. The maximum Gasteiger partial charge on any atom is 0.225 e. The molecule has 1 N–H and O–H groups in total. The van der Waals surface area contributed by atoms with E-state index >= 15 is 0 Å². The van der Waals surface area contributed by atoms with Crippen LogP contribution in [0, 0.1) is 11.8 Å². The van der Waals surface area contributed by atoms with Crippen molar-refractivity contribution in [3.8, 4) is 0 Å². The minimum absolute atomic E-state index is 0.309. The van der Waals surface area contributed by atoms with E-state index in [2.05, 4.69) is 17.1 Å². The predicted octanol–water partition coefficient (Wildman–Crippen LogP) is 3.58. The van der Waals surface area contributed by atoms with Crippen LogP contribution in [0.4, 0.5) is 0 Å². The molecule has 1 heterocycles. The van der Waals surface area contributed by atoms with Gasteiger partial charge in [0.05, 0.1) is 0 Å². The average molecular weight is 294 g/mol. The van der Waals surface area contributed by atoms with Crippen LogP contribution in [0.1, 0.15) is 71.1 Å². The smallest absolute Gasteiger partial charge is 0.225 e. The third kappa shape index (κ3) is 4.98. The number of hydrogen-bond acceptors (Lipinski definition) is 2. The molecule has 122 valence electrons. The van der Waals surface area contributed by atoms with E-state index in [-0.39, 0.29) is 0 Å². The largest absolute Gasteiger partial charge is 0.342 e. The molecule has 1 unspecified atom stereocenters. The average Bonchev–Trinajstić information content (AvgIpc) is 2.81. The first-order valence-corrected chi connectivity index (χ1v) is 9.19. The maximum absolute atomic E-state index is 12.7. The molecule has 0 radical (unpaired) electrons. The van der Waals surface area contributed by atoms with Gasteiger partial charge < -0.3 is 10.2 Å². The second kappa shape index (κ2) is 8.77. The number of nitrogens with zero attached hydrogens (tertiary/aromatic N) is 1. The first-order valence-electron chi connectivity index (χ1n) is 9.19. The van der Waals surface area contributed by atoms with Gasteiger partial charge in [-0.05, 0) is 64.0 Å². The van der Waals surface area contributed by atoms with Gasteiger partial charge in [0.25, 0.3) is 0 Å². The van der Waals surface area contributed by atoms with E-state index in [0.29, 0.717) is 17.9 Å². The zero-order valence-electron chi connectivity index (χ0n) is 14.1. The van der Waals surface area contributed by atoms with Gasteiger partial charge in [-0.15, -0.1) is 0 Å². The molecule has 0 bridgehead atoms. The van der Waals surface area contributed by atoms with Crippen LogP contribution in [0.3, 0.4) is 0 Å². The molecule has 0 aromatic carbocycles. The number of carbonyl (C=O) groups excluding carboxylic acids is 1. The van der Waals surface area contributed by atoms with Crippen LogP contribution in [0.15, 0.2) is 0 Å². The lowest BCUT2D eigenvalue weighted by Gasteiger charge is -2.34. The molecule has 1 atom stereocenters. The van der Waals surface area contributed by atoms with Gasteiger partial charge in [-0.2, -0.15) is 0 Å². The highest BCUT2D eigenvalue weighted by atomic mass is 16.2. The van der Waals surface area contributed by atoms with Crippen molar-refractivity contribution in [2.45, 2.75) is 77.2 Å². The highest BCUT2D eigenvalue weighted by Crippen LogP contribution is 2.33. The molecule has 0 aromatic rings. The Morgan fingerprint density at radius 1 is 1.10 bits per heavy atom. The quantitative estimate of drug-likeness (QED) is 0.840. The predicted molar refractivity (Wildman–Crippen MR) is 88.3 cm³/mol. The number of unbranched alkanes of at least 4 members (excludes halogenated alkanes) is 1. The molecule has 21 heavy (non-hydrogen) atoms. The molecule has 1 saturated carbocycles. The van der Waals surface area contributed by atoms with Gasteiger partial charge in [0.1, 0.15) is 0 Å². The highest BCUT2D eigenvalue weighted by molar-refractivity contribution is 5.79. The van der Waals surface area contributed by atoms with Gasteiger partial charge in [0.15, 0.2) is 0 Å². The second-order valence-electron chi connectivity index (χ2n) is 7.14. The normalized spacial score (nSPS) is 30.7. The Morgan fingerprint density at radius 2 is 1.86 bits per heavy atom. The van der Waals surface area contributed by atoms with Crippen LogP contribution in [-0.2, 0) is 4.79 Å². The summed E-state index contributed by atoms with van der Waals surface area (Å²) in [7, 11) is 2.04. The number of rotatable bonds is 5. The summed E-state index contributed by atoms with van der Waals surface area (Å²) >= 11 is 0. The van der Waals surface area contributed by atoms with Gasteiger partial charge in [-0.3, -0.25) is 4.79 Å². The summed E-state index contributed by atoms with van der Waals surface area (Å²) < 4.78 is 0. The molecule has 1 saturated heterocycles. The molecular formula is C18H34N2O. The van der Waals surface area contributed by atoms with Crippen LogP contribution in [0.2, 0.25) is 0 Å². The third-order valence-corrected chi connectivity index (χ3v) is 5.60. The van der Waals surface area contributed by atoms with E-state index in [1.807, 2.05) is 7.05 Å². The second-order valence-corrected chi connectivity index (χ2v) is 7.14. The van der Waals surface area contributed by atoms with Crippen molar-refractivity contribution in [2.75, 3.05) is 20.1 Å². The lowest BCUT2D eigenvalue weighted by atomic mass is 9.79. The zero-order chi connectivity index (χ0) is 15.1. The van der Waals surface area contributed by atoms with Crippen LogP contribution >= 0.6 is 0 Å². The van der Waals surface area contributed by atoms with Crippen LogP contribution in [0.25, 0.3) is 0 Å². The van der Waals surface area contributed by atoms with Crippen molar-refractivity contribution >= 4 is 5.91 Å². The monoisotopic (exact) mass is 294 g/mol. The molecule has 0 aromatic heterocycles. The van der Waals surface area contributed by atoms with Crippen molar-refractivity contribution in [3.05, 3.63) is 0 Å². The minimum Gasteiger partial charge on any atom is -0.342 e. The fraction of sp³-hybridized carbons (Fsp3) is 0.944. The Kier molecular flexibility index (Phi) is 7.01. The molecule has 3 nitrogen and oxygen atoms in total. The molecule has 1 aliphatic carbocycles. The maximum atomic E-state index is 12.7. The summed E-state index contributed by atoms with van der Waals surface area (Å²) in [5, 5.41) is 3.44. The summed E-state index contributed by atoms with van der Waals surface area (Å²) in [6, 6.07) is 0.463. The van der Waals surface area contributed by atoms with E-state index in [4.69, 9.17) is 0 Å². The lowest BCUT2D eigenvalue weighted by Crippen LogP contribution is -2.42. The lowest BCUT2D eigenvalue weighted by molar-refractivity contribution is -0.137. The van der Waals surface area contributed by atoms with Gasteiger partial charge in [0, 0.05) is 19.0 Å². The van der Waals surface area contributed by atoms with E-state index in [1.165, 1.54) is 44.9 Å². The van der Waals surface area contributed by atoms with Crippen molar-refractivity contribution in [2.24, 2.45) is 11.8 Å². The standard InChI is InChI=1S/C18H34N2O/c1-3-4-6-15-8-10-16(11-9-15)18(21)20(2)17-7-5-13-19-14-12-17/h15-17,19H,3-14H2,1-2H3. The summed E-state index contributed by atoms with van der Waals surface area (Å²) in [4.78, 5) is 14.8. The van der Waals surface area contributed by atoms with Crippen molar-refractivity contribution in [1.82, 2.24) is 10.2 Å². The van der Waals surface area contributed by atoms with E-state index in [9.17, 15) is 4.79 Å². The Bertz CT molecular complexity index is 302. The molecule has 1 amide bonds. The Labute approximate surface area is 130 Å². The topological polar surface area (TPSA) is 32.3 Å². The summed E-state index contributed by atoms with van der Waals surface area (Å²) in [5.41, 5.74) is 0. The molecule has 2 aliphatic rings. The minimum atomic E-state index is 0.309. The van der Waals surface area contributed by atoms with E-state index < -0.39 is 0 Å². The molecular weight excluding hydrogens is 260 g/mol. The first-order chi connectivity index (χ1) is 10.2. The van der Waals surface area contributed by atoms with Crippen molar-refractivity contribution < 1.29 is 4.79 Å². The number of nitrogens with one attached hydrogen (secondary N) is 1. The fourth-order valence-electron chi connectivity index (χ4n) is 4.05. The van der Waals surface area contributed by atoms with Crippen LogP contribution in [-0.4, -0.2) is 37.0 Å². The van der Waals surface area contributed by atoms with Gasteiger partial charge >= 0.3 is 0 Å². The first kappa shape index (κ1) is 16.8. The Hall–Kier alpha value is -0.570. The summed E-state index contributed by atoms with van der Waals surface area (Å²) in [6.07, 6.45) is 12.3. The van der Waals surface area contributed by atoms with Gasteiger partial charge in [-0.25, -0.2) is 0 Å². The molecule has 3 heteroatoms. The number of hydrogen-bond donors (Lipinski definition) is 1. The Morgan fingerprint density at radius 3 is 2.57 bits per heavy atom. The molecule has 2 rings (SSSR count). The van der Waals surface area contributed by atoms with Gasteiger partial charge in [0.2, 0.25) is 5.91 Å². The molecule has 1 aliphatic heterocycles. The van der Waals surface area contributed by atoms with Crippen molar-refractivity contribution in [3.63, 3.8) is 0 Å². The summed E-state index contributed by atoms with van der Waals surface area (Å²) in [5.74, 6) is 1.63. The SMILES string of the molecule is CCCCC1CCC(C(=O)N(C)C2CCCNCC2)CC1. The fourth-order valence-corrected chi connectivity index (χ4v) is 4.05. The Balaban J connectivity index is 1.77. The van der Waals surface area contributed by atoms with Gasteiger partial charge in [-0.1, -0.05) is 26.2 Å². The van der Waals surface area contributed by atoms with Crippen molar-refractivity contribution in [1.29, 1.82) is 0 Å². The summed E-state index contributed by atoms with van der Waals surface area (Å²) in [6.45, 7) is 4.44. The number of carbonyl (C=O) groups is 1. The number of amides is 1. The molecule has 0 spiro atoms. The highest BCUT2D eigenvalue weighted by Gasteiger charge is 2.30. The van der Waals surface area contributed by atoms with E-state index in [1.54, 1.807) is 0 Å². The van der Waals surface area contributed by atoms with E-state index in [0.717, 1.165) is 38.3 Å². The van der Waals surface area contributed by atoms with Crippen LogP contribution in [0.5, 0.6) is 0 Å².